The fourth-order valence-corrected chi connectivity index (χ4v) is 5.22. The monoisotopic (exact) mass is 459 g/mol. The van der Waals surface area contributed by atoms with Gasteiger partial charge in [0.05, 0.1) is 5.71 Å². The van der Waals surface area contributed by atoms with Crippen molar-refractivity contribution in [1.82, 2.24) is 9.97 Å². The molecule has 0 amide bonds. The molecule has 1 aliphatic carbocycles. The lowest BCUT2D eigenvalue weighted by atomic mass is 9.98. The van der Waals surface area contributed by atoms with Crippen LogP contribution in [0.3, 0.4) is 0 Å². The fourth-order valence-electron chi connectivity index (χ4n) is 3.70. The zero-order chi connectivity index (χ0) is 22.7. The number of H-pyrrole nitrogens is 1. The highest BCUT2D eigenvalue weighted by atomic mass is 32.2. The first-order chi connectivity index (χ1) is 15.4. The van der Waals surface area contributed by atoms with E-state index in [0.29, 0.717) is 43.4 Å². The number of nitrogens with one attached hydrogen (secondary N) is 1. The Morgan fingerprint density at radius 3 is 2.66 bits per heavy atom. The minimum Gasteiger partial charge on any atom is -0.403 e. The number of aromatic amines is 1. The molecule has 0 saturated heterocycles. The van der Waals surface area contributed by atoms with Gasteiger partial charge in [0, 0.05) is 27.9 Å². The highest BCUT2D eigenvalue weighted by Crippen LogP contribution is 2.23. The van der Waals surface area contributed by atoms with Gasteiger partial charge in [-0.05, 0) is 55.4 Å². The molecule has 2 heterocycles. The molecule has 1 atom stereocenters. The van der Waals surface area contributed by atoms with Crippen LogP contribution in [0.5, 0.6) is 6.01 Å². The van der Waals surface area contributed by atoms with Crippen molar-refractivity contribution in [2.75, 3.05) is 0 Å². The summed E-state index contributed by atoms with van der Waals surface area (Å²) in [5.41, 5.74) is 1.02. The van der Waals surface area contributed by atoms with Gasteiger partial charge in [-0.15, -0.1) is 0 Å². The molecule has 1 fully saturated rings. The van der Waals surface area contributed by atoms with Gasteiger partial charge in [-0.2, -0.15) is 4.98 Å². The number of rotatable bonds is 6. The van der Waals surface area contributed by atoms with E-state index in [1.165, 1.54) is 18.2 Å². The fraction of sp³-hybridized carbons (Fsp3) is 0.364. The summed E-state index contributed by atoms with van der Waals surface area (Å²) in [7, 11) is -1.06. The number of nitrogens with zero attached hydrogens (tertiary/aromatic N) is 2. The van der Waals surface area contributed by atoms with Gasteiger partial charge in [0.15, 0.2) is 0 Å². The van der Waals surface area contributed by atoms with Gasteiger partial charge >= 0.3 is 11.6 Å². The van der Waals surface area contributed by atoms with Crippen LogP contribution in [0.2, 0.25) is 0 Å². The second kappa shape index (κ2) is 9.56. The van der Waals surface area contributed by atoms with Crippen LogP contribution >= 0.6 is 0 Å². The molecule has 4 rings (SSSR count). The summed E-state index contributed by atoms with van der Waals surface area (Å²) in [6, 6.07) is 7.16. The molecule has 0 radical (unpaired) electrons. The molecule has 3 aromatic rings. The van der Waals surface area contributed by atoms with E-state index < -0.39 is 22.0 Å². The lowest BCUT2D eigenvalue weighted by molar-refractivity contribution is 0.307. The molecule has 32 heavy (non-hydrogen) atoms. The minimum atomic E-state index is -1.06. The van der Waals surface area contributed by atoms with Crippen LogP contribution in [-0.4, -0.2) is 25.1 Å². The SMILES string of the molecule is CCc1cc(=O)oc2nc(ON=C3CCC(S(=O)Cc4ccc(F)cc4)CC3)[nH]c(=O)c12. The van der Waals surface area contributed by atoms with Crippen LogP contribution in [-0.2, 0) is 23.0 Å². The van der Waals surface area contributed by atoms with Crippen molar-refractivity contribution < 1.29 is 17.9 Å². The standard InChI is InChI=1S/C22H22FN3O5S/c1-2-14-11-18(27)30-21-19(14)20(28)24-22(25-21)31-26-16-7-9-17(10-8-16)32(29)12-13-3-5-15(23)6-4-13/h3-6,11,17H,2,7-10,12H2,1H3,(H,24,25,28). The molecule has 1 aromatic carbocycles. The first-order valence-corrected chi connectivity index (χ1v) is 11.7. The van der Waals surface area contributed by atoms with Gasteiger partial charge < -0.3 is 9.25 Å². The number of halogens is 1. The number of oxime groups is 1. The van der Waals surface area contributed by atoms with Gasteiger partial charge in [-0.1, -0.05) is 24.2 Å². The van der Waals surface area contributed by atoms with E-state index in [-0.39, 0.29) is 28.2 Å². The van der Waals surface area contributed by atoms with Crippen molar-refractivity contribution in [2.24, 2.45) is 5.16 Å². The zero-order valence-electron chi connectivity index (χ0n) is 17.4. The quantitative estimate of drug-likeness (QED) is 0.566. The summed E-state index contributed by atoms with van der Waals surface area (Å²) in [4.78, 5) is 35.9. The summed E-state index contributed by atoms with van der Waals surface area (Å²) >= 11 is 0. The van der Waals surface area contributed by atoms with Gasteiger partial charge in [0.2, 0.25) is 5.71 Å². The average Bonchev–Trinajstić information content (AvgIpc) is 2.78. The van der Waals surface area contributed by atoms with E-state index in [4.69, 9.17) is 9.25 Å². The Kier molecular flexibility index (Phi) is 6.59. The predicted molar refractivity (Wildman–Crippen MR) is 119 cm³/mol. The first kappa shape index (κ1) is 22.1. The Balaban J connectivity index is 1.39. The van der Waals surface area contributed by atoms with E-state index >= 15 is 0 Å². The molecule has 1 unspecified atom stereocenters. The van der Waals surface area contributed by atoms with Crippen LogP contribution in [0.15, 0.2) is 49.5 Å². The van der Waals surface area contributed by atoms with Gasteiger partial charge in [-0.25, -0.2) is 9.18 Å². The predicted octanol–water partition coefficient (Wildman–Crippen LogP) is 3.20. The molecule has 1 aliphatic rings. The van der Waals surface area contributed by atoms with Crippen molar-refractivity contribution in [1.29, 1.82) is 0 Å². The molecule has 168 valence electrons. The summed E-state index contributed by atoms with van der Waals surface area (Å²) in [6.07, 6.45) is 3.07. The molecule has 0 bridgehead atoms. The van der Waals surface area contributed by atoms with E-state index in [1.807, 2.05) is 6.92 Å². The summed E-state index contributed by atoms with van der Waals surface area (Å²) in [5, 5.41) is 4.32. The van der Waals surface area contributed by atoms with Crippen molar-refractivity contribution in [3.05, 3.63) is 68.0 Å². The Hall–Kier alpha value is -3.14. The maximum absolute atomic E-state index is 13.0. The lowest BCUT2D eigenvalue weighted by Gasteiger charge is -2.22. The van der Waals surface area contributed by atoms with E-state index in [0.717, 1.165) is 11.3 Å². The molecular formula is C22H22FN3O5S. The molecule has 10 heteroatoms. The number of aromatic nitrogens is 2. The molecule has 1 N–H and O–H groups in total. The second-order valence-corrected chi connectivity index (χ2v) is 9.31. The van der Waals surface area contributed by atoms with Crippen molar-refractivity contribution in [3.63, 3.8) is 0 Å². The van der Waals surface area contributed by atoms with Gasteiger partial charge in [-0.3, -0.25) is 14.0 Å². The number of fused-ring (bicyclic) bond motifs is 1. The summed E-state index contributed by atoms with van der Waals surface area (Å²) in [5.74, 6) is 0.0782. The Bertz CT molecular complexity index is 1290. The van der Waals surface area contributed by atoms with Gasteiger partial charge in [0.25, 0.3) is 5.56 Å². The van der Waals surface area contributed by atoms with Crippen LogP contribution in [0.4, 0.5) is 4.39 Å². The Morgan fingerprint density at radius 1 is 1.25 bits per heavy atom. The van der Waals surface area contributed by atoms with E-state index in [1.54, 1.807) is 12.1 Å². The number of aryl methyl sites for hydroxylation is 1. The van der Waals surface area contributed by atoms with Gasteiger partial charge in [0.1, 0.15) is 11.2 Å². The average molecular weight is 459 g/mol. The Morgan fingerprint density at radius 2 is 1.97 bits per heavy atom. The maximum Gasteiger partial charge on any atom is 0.337 e. The Labute approximate surface area is 185 Å². The van der Waals surface area contributed by atoms with E-state index in [2.05, 4.69) is 15.1 Å². The highest BCUT2D eigenvalue weighted by Gasteiger charge is 2.23. The summed E-state index contributed by atoms with van der Waals surface area (Å²) < 4.78 is 30.7. The molecular weight excluding hydrogens is 437 g/mol. The number of benzene rings is 1. The molecule has 0 aliphatic heterocycles. The molecule has 2 aromatic heterocycles. The summed E-state index contributed by atoms with van der Waals surface area (Å²) in [6.45, 7) is 1.83. The highest BCUT2D eigenvalue weighted by molar-refractivity contribution is 7.84. The van der Waals surface area contributed by atoms with Crippen molar-refractivity contribution in [3.8, 4) is 6.01 Å². The third-order valence-corrected chi connectivity index (χ3v) is 7.25. The number of hydrogen-bond acceptors (Lipinski definition) is 7. The maximum atomic E-state index is 13.0. The minimum absolute atomic E-state index is 0.0272. The van der Waals surface area contributed by atoms with Crippen LogP contribution < -0.4 is 16.0 Å². The lowest BCUT2D eigenvalue weighted by Crippen LogP contribution is -2.24. The smallest absolute Gasteiger partial charge is 0.337 e. The third kappa shape index (κ3) is 5.01. The van der Waals surface area contributed by atoms with E-state index in [9.17, 15) is 18.2 Å². The third-order valence-electron chi connectivity index (χ3n) is 5.42. The molecule has 8 nitrogen and oxygen atoms in total. The van der Waals surface area contributed by atoms with Crippen molar-refractivity contribution in [2.45, 2.75) is 50.0 Å². The zero-order valence-corrected chi connectivity index (χ0v) is 18.2. The number of hydrogen-bond donors (Lipinski definition) is 1. The van der Waals surface area contributed by atoms with Crippen molar-refractivity contribution >= 4 is 27.6 Å². The largest absolute Gasteiger partial charge is 0.403 e. The topological polar surface area (TPSA) is 115 Å². The normalized spacial score (nSPS) is 17.3. The first-order valence-electron chi connectivity index (χ1n) is 10.3. The van der Waals surface area contributed by atoms with Crippen LogP contribution in [0.1, 0.15) is 43.7 Å². The molecule has 1 saturated carbocycles. The van der Waals surface area contributed by atoms with Crippen LogP contribution in [0.25, 0.3) is 11.1 Å². The second-order valence-electron chi connectivity index (χ2n) is 7.60. The molecule has 0 spiro atoms. The van der Waals surface area contributed by atoms with Crippen LogP contribution in [0, 0.1) is 5.82 Å².